The Bertz CT molecular complexity index is 544. The molecule has 1 unspecified atom stereocenters. The molecule has 0 amide bonds. The lowest BCUT2D eigenvalue weighted by Gasteiger charge is -2.25. The van der Waals surface area contributed by atoms with Crippen LogP contribution in [0.5, 0.6) is 0 Å². The van der Waals surface area contributed by atoms with E-state index in [2.05, 4.69) is 74.6 Å². The molecule has 1 fully saturated rings. The third-order valence-electron chi connectivity index (χ3n) is 4.49. The van der Waals surface area contributed by atoms with Gasteiger partial charge < -0.3 is 20.3 Å². The predicted molar refractivity (Wildman–Crippen MR) is 105 cm³/mol. The summed E-state index contributed by atoms with van der Waals surface area (Å²) in [6.07, 6.45) is 1.20. The van der Waals surface area contributed by atoms with E-state index in [0.717, 1.165) is 36.6 Å². The van der Waals surface area contributed by atoms with Crippen LogP contribution in [0.15, 0.2) is 33.7 Å². The molecule has 1 aromatic carbocycles. The molecule has 1 aliphatic heterocycles. The first kappa shape index (κ1) is 19.1. The lowest BCUT2D eigenvalue weighted by Crippen LogP contribution is -2.46. The molecular formula is C18H29BrN4O. The molecule has 0 spiro atoms. The van der Waals surface area contributed by atoms with Gasteiger partial charge in [-0.1, -0.05) is 15.9 Å². The number of ether oxygens (including phenoxy) is 1. The fourth-order valence-electron chi connectivity index (χ4n) is 2.72. The lowest BCUT2D eigenvalue weighted by molar-refractivity contribution is 0.0268. The summed E-state index contributed by atoms with van der Waals surface area (Å²) in [6, 6.07) is 8.55. The number of nitrogens with one attached hydrogen (secondary N) is 2. The maximum atomic E-state index is 5.43. The summed E-state index contributed by atoms with van der Waals surface area (Å²) in [5.74, 6) is 1.46. The summed E-state index contributed by atoms with van der Waals surface area (Å²) in [7, 11) is 3.53. The normalized spacial score (nSPS) is 18.8. The van der Waals surface area contributed by atoms with Gasteiger partial charge in [0.25, 0.3) is 0 Å². The minimum absolute atomic E-state index is 0.205. The number of hydrogen-bond acceptors (Lipinski definition) is 3. The Labute approximate surface area is 154 Å². The largest absolute Gasteiger partial charge is 0.377 e. The van der Waals surface area contributed by atoms with Crippen LogP contribution in [-0.4, -0.2) is 51.9 Å². The van der Waals surface area contributed by atoms with Gasteiger partial charge in [-0.2, -0.15) is 0 Å². The number of guanidine groups is 1. The monoisotopic (exact) mass is 396 g/mol. The minimum atomic E-state index is -0.205. The summed E-state index contributed by atoms with van der Waals surface area (Å²) in [4.78, 5) is 6.74. The van der Waals surface area contributed by atoms with Crippen molar-refractivity contribution >= 4 is 27.6 Å². The number of methoxy groups -OCH3 is 1. The van der Waals surface area contributed by atoms with Crippen LogP contribution in [0.3, 0.4) is 0 Å². The maximum absolute atomic E-state index is 5.43. The standard InChI is InChI=1S/C18H29BrN4O/c1-18(2,24-4)13-22-17(20-3)21-11-14-9-10-23(12-14)16-7-5-15(19)6-8-16/h5-8,14H,9-13H2,1-4H3,(H2,20,21,22). The third kappa shape index (κ3) is 5.67. The highest BCUT2D eigenvalue weighted by Gasteiger charge is 2.23. The summed E-state index contributed by atoms with van der Waals surface area (Å²) < 4.78 is 6.55. The van der Waals surface area contributed by atoms with Crippen LogP contribution >= 0.6 is 15.9 Å². The molecule has 134 valence electrons. The van der Waals surface area contributed by atoms with E-state index in [4.69, 9.17) is 4.74 Å². The van der Waals surface area contributed by atoms with Gasteiger partial charge in [0.2, 0.25) is 0 Å². The van der Waals surface area contributed by atoms with Gasteiger partial charge in [-0.05, 0) is 50.5 Å². The molecular weight excluding hydrogens is 368 g/mol. The molecule has 0 radical (unpaired) electrons. The molecule has 24 heavy (non-hydrogen) atoms. The molecule has 1 atom stereocenters. The van der Waals surface area contributed by atoms with Gasteiger partial charge >= 0.3 is 0 Å². The van der Waals surface area contributed by atoms with Gasteiger partial charge in [-0.3, -0.25) is 4.99 Å². The van der Waals surface area contributed by atoms with Crippen LogP contribution in [0.4, 0.5) is 5.69 Å². The zero-order chi connectivity index (χ0) is 17.6. The Morgan fingerprint density at radius 2 is 2.04 bits per heavy atom. The average Bonchev–Trinajstić information content (AvgIpc) is 3.04. The molecule has 1 heterocycles. The molecule has 2 rings (SSSR count). The number of hydrogen-bond donors (Lipinski definition) is 2. The first-order valence-corrected chi connectivity index (χ1v) is 9.23. The Hall–Kier alpha value is -1.27. The van der Waals surface area contributed by atoms with Crippen molar-refractivity contribution in [1.29, 1.82) is 0 Å². The van der Waals surface area contributed by atoms with Crippen molar-refractivity contribution in [2.45, 2.75) is 25.9 Å². The van der Waals surface area contributed by atoms with Crippen molar-refractivity contribution in [3.05, 3.63) is 28.7 Å². The van der Waals surface area contributed by atoms with Crippen molar-refractivity contribution < 1.29 is 4.74 Å². The number of nitrogens with zero attached hydrogens (tertiary/aromatic N) is 2. The molecule has 0 aromatic heterocycles. The maximum Gasteiger partial charge on any atom is 0.191 e. The van der Waals surface area contributed by atoms with Crippen molar-refractivity contribution in [2.75, 3.05) is 45.2 Å². The Kier molecular flexibility index (Phi) is 6.92. The van der Waals surface area contributed by atoms with Crippen LogP contribution in [0.25, 0.3) is 0 Å². The van der Waals surface area contributed by atoms with E-state index in [1.807, 2.05) is 0 Å². The predicted octanol–water partition coefficient (Wildman–Crippen LogP) is 2.87. The molecule has 6 heteroatoms. The zero-order valence-corrected chi connectivity index (χ0v) is 16.7. The van der Waals surface area contributed by atoms with Crippen molar-refractivity contribution in [3.63, 3.8) is 0 Å². The fraction of sp³-hybridized carbons (Fsp3) is 0.611. The first-order valence-electron chi connectivity index (χ1n) is 8.44. The average molecular weight is 397 g/mol. The molecule has 1 aromatic rings. The van der Waals surface area contributed by atoms with Gasteiger partial charge in [0.1, 0.15) is 0 Å². The van der Waals surface area contributed by atoms with E-state index >= 15 is 0 Å². The minimum Gasteiger partial charge on any atom is -0.377 e. The Balaban J connectivity index is 1.77. The molecule has 5 nitrogen and oxygen atoms in total. The number of halogens is 1. The first-order chi connectivity index (χ1) is 11.4. The molecule has 0 bridgehead atoms. The van der Waals surface area contributed by atoms with Crippen molar-refractivity contribution in [1.82, 2.24) is 10.6 Å². The molecule has 0 aliphatic carbocycles. The molecule has 1 saturated heterocycles. The Morgan fingerprint density at radius 3 is 2.67 bits per heavy atom. The highest BCUT2D eigenvalue weighted by molar-refractivity contribution is 9.10. The second-order valence-electron chi connectivity index (χ2n) is 6.85. The summed E-state index contributed by atoms with van der Waals surface area (Å²) in [6.45, 7) is 7.95. The smallest absolute Gasteiger partial charge is 0.191 e. The highest BCUT2D eigenvalue weighted by atomic mass is 79.9. The van der Waals surface area contributed by atoms with Crippen molar-refractivity contribution in [2.24, 2.45) is 10.9 Å². The quantitative estimate of drug-likeness (QED) is 0.573. The third-order valence-corrected chi connectivity index (χ3v) is 5.02. The van der Waals surface area contributed by atoms with Crippen LogP contribution in [0, 0.1) is 5.92 Å². The number of benzene rings is 1. The van der Waals surface area contributed by atoms with Crippen molar-refractivity contribution in [3.8, 4) is 0 Å². The Morgan fingerprint density at radius 1 is 1.33 bits per heavy atom. The fourth-order valence-corrected chi connectivity index (χ4v) is 2.98. The summed E-state index contributed by atoms with van der Waals surface area (Å²) >= 11 is 3.49. The van der Waals surface area contributed by atoms with Gasteiger partial charge in [0.05, 0.1) is 5.60 Å². The second kappa shape index (κ2) is 8.72. The van der Waals surface area contributed by atoms with E-state index < -0.39 is 0 Å². The molecule has 1 aliphatic rings. The lowest BCUT2D eigenvalue weighted by atomic mass is 10.1. The van der Waals surface area contributed by atoms with Gasteiger partial charge in [0, 0.05) is 50.5 Å². The second-order valence-corrected chi connectivity index (χ2v) is 7.76. The van der Waals surface area contributed by atoms with Crippen LogP contribution in [0.1, 0.15) is 20.3 Å². The summed E-state index contributed by atoms with van der Waals surface area (Å²) in [5.41, 5.74) is 1.09. The SMILES string of the molecule is CN=C(NCC1CCN(c2ccc(Br)cc2)C1)NCC(C)(C)OC. The van der Waals surface area contributed by atoms with Crippen LogP contribution in [0.2, 0.25) is 0 Å². The van der Waals surface area contributed by atoms with Crippen LogP contribution < -0.4 is 15.5 Å². The number of aliphatic imine (C=N–C) groups is 1. The topological polar surface area (TPSA) is 48.9 Å². The number of rotatable bonds is 6. The van der Waals surface area contributed by atoms with Gasteiger partial charge in [0.15, 0.2) is 5.96 Å². The van der Waals surface area contributed by atoms with Crippen LogP contribution in [-0.2, 0) is 4.74 Å². The van der Waals surface area contributed by atoms with Gasteiger partial charge in [-0.15, -0.1) is 0 Å². The molecule has 2 N–H and O–H groups in total. The van der Waals surface area contributed by atoms with E-state index in [1.54, 1.807) is 14.2 Å². The highest BCUT2D eigenvalue weighted by Crippen LogP contribution is 2.24. The summed E-state index contributed by atoms with van der Waals surface area (Å²) in [5, 5.41) is 6.77. The van der Waals surface area contributed by atoms with E-state index in [-0.39, 0.29) is 5.60 Å². The van der Waals surface area contributed by atoms with E-state index in [0.29, 0.717) is 5.92 Å². The number of anilines is 1. The van der Waals surface area contributed by atoms with E-state index in [1.165, 1.54) is 12.1 Å². The zero-order valence-electron chi connectivity index (χ0n) is 15.1. The van der Waals surface area contributed by atoms with Gasteiger partial charge in [-0.25, -0.2) is 0 Å². The molecule has 0 saturated carbocycles. The van der Waals surface area contributed by atoms with E-state index in [9.17, 15) is 0 Å².